The molecule has 0 spiro atoms. The van der Waals surface area contributed by atoms with Gasteiger partial charge in [-0.2, -0.15) is 0 Å². The van der Waals surface area contributed by atoms with Crippen molar-refractivity contribution < 1.29 is 0 Å². The zero-order chi connectivity index (χ0) is 15.8. The van der Waals surface area contributed by atoms with Crippen molar-refractivity contribution in [1.82, 2.24) is 9.80 Å². The van der Waals surface area contributed by atoms with E-state index in [-0.39, 0.29) is 0 Å². The van der Waals surface area contributed by atoms with Gasteiger partial charge in [-0.05, 0) is 49.4 Å². The minimum Gasteiger partial charge on any atom is -0.376 e. The van der Waals surface area contributed by atoms with E-state index in [2.05, 4.69) is 58.6 Å². The van der Waals surface area contributed by atoms with E-state index in [0.717, 1.165) is 41.9 Å². The molecule has 3 fully saturated rings. The first-order valence-electron chi connectivity index (χ1n) is 8.72. The molecule has 2 saturated heterocycles. The topological polar surface area (TPSA) is 18.8 Å². The zero-order valence-electron chi connectivity index (χ0n) is 13.7. The molecule has 2 unspecified atom stereocenters. The van der Waals surface area contributed by atoms with Gasteiger partial charge in [-0.1, -0.05) is 24.8 Å². The highest BCUT2D eigenvalue weighted by molar-refractivity contribution is 5.72. The minimum atomic E-state index is 0.926. The summed E-state index contributed by atoms with van der Waals surface area (Å²) >= 11 is 0. The first-order chi connectivity index (χ1) is 11.2. The smallest absolute Gasteiger partial charge is 0.0853 e. The summed E-state index contributed by atoms with van der Waals surface area (Å²) in [6.45, 7) is 12.7. The number of piperidine rings is 1. The van der Waals surface area contributed by atoms with Crippen molar-refractivity contribution in [3.8, 4) is 0 Å². The van der Waals surface area contributed by atoms with Crippen LogP contribution < -0.4 is 0 Å². The number of nitrogens with zero attached hydrogens (tertiary/aromatic N) is 3. The van der Waals surface area contributed by atoms with E-state index >= 15 is 0 Å². The minimum absolute atomic E-state index is 0.926. The van der Waals surface area contributed by atoms with E-state index in [9.17, 15) is 0 Å². The second kappa shape index (κ2) is 5.88. The van der Waals surface area contributed by atoms with Crippen molar-refractivity contribution in [2.24, 2.45) is 16.8 Å². The molecule has 23 heavy (non-hydrogen) atoms. The van der Waals surface area contributed by atoms with Gasteiger partial charge in [0.2, 0.25) is 0 Å². The summed E-state index contributed by atoms with van der Waals surface area (Å²) in [5, 5.41) is 0. The number of hydrogen-bond donors (Lipinski definition) is 0. The van der Waals surface area contributed by atoms with Gasteiger partial charge in [0.15, 0.2) is 0 Å². The number of likely N-dealkylation sites (tertiary alicyclic amines) is 2. The third kappa shape index (κ3) is 2.92. The quantitative estimate of drug-likeness (QED) is 0.772. The molecule has 0 radical (unpaired) electrons. The second-order valence-electron chi connectivity index (χ2n) is 7.10. The summed E-state index contributed by atoms with van der Waals surface area (Å²) < 4.78 is 0. The van der Waals surface area contributed by atoms with Crippen LogP contribution >= 0.6 is 0 Å². The highest BCUT2D eigenvalue weighted by Gasteiger charge is 2.45. The Kier molecular flexibility index (Phi) is 3.72. The molecule has 1 aliphatic carbocycles. The monoisotopic (exact) mass is 307 g/mol. The maximum absolute atomic E-state index is 4.34. The Morgan fingerprint density at radius 3 is 2.52 bits per heavy atom. The lowest BCUT2D eigenvalue weighted by molar-refractivity contribution is 0.440. The van der Waals surface area contributed by atoms with Crippen LogP contribution in [0.15, 0.2) is 42.0 Å². The Labute approximate surface area is 139 Å². The van der Waals surface area contributed by atoms with Crippen LogP contribution in [0, 0.1) is 11.8 Å². The highest BCUT2D eigenvalue weighted by Crippen LogP contribution is 2.47. The first-order valence-corrected chi connectivity index (χ1v) is 8.72. The molecule has 3 aliphatic rings. The van der Waals surface area contributed by atoms with Gasteiger partial charge in [-0.15, -0.1) is 0 Å². The van der Waals surface area contributed by atoms with Gasteiger partial charge in [0.05, 0.1) is 5.70 Å². The van der Waals surface area contributed by atoms with Crippen LogP contribution in [0.4, 0.5) is 0 Å². The third-order valence-electron chi connectivity index (χ3n) is 5.47. The van der Waals surface area contributed by atoms with Crippen LogP contribution in [-0.2, 0) is 0 Å². The van der Waals surface area contributed by atoms with Crippen LogP contribution in [-0.4, -0.2) is 42.7 Å². The summed E-state index contributed by atoms with van der Waals surface area (Å²) in [7, 11) is 0. The molecule has 0 aromatic heterocycles. The van der Waals surface area contributed by atoms with E-state index in [1.165, 1.54) is 37.9 Å². The normalized spacial score (nSPS) is 26.3. The van der Waals surface area contributed by atoms with Crippen molar-refractivity contribution in [2.45, 2.75) is 19.3 Å². The van der Waals surface area contributed by atoms with Gasteiger partial charge < -0.3 is 9.80 Å². The van der Waals surface area contributed by atoms with Crippen molar-refractivity contribution in [1.29, 1.82) is 0 Å². The predicted octanol–water partition coefficient (Wildman–Crippen LogP) is 3.70. The van der Waals surface area contributed by atoms with E-state index < -0.39 is 0 Å². The highest BCUT2D eigenvalue weighted by atomic mass is 15.2. The summed E-state index contributed by atoms with van der Waals surface area (Å²) in [4.78, 5) is 9.06. The summed E-state index contributed by atoms with van der Waals surface area (Å²) in [6, 6.07) is 8.60. The fraction of sp³-hybridized carbons (Fsp3) is 0.450. The number of aliphatic imine (C=N–C) groups is 1. The van der Waals surface area contributed by atoms with Crippen LogP contribution in [0.3, 0.4) is 0 Å². The van der Waals surface area contributed by atoms with Crippen molar-refractivity contribution in [3.63, 3.8) is 0 Å². The molecule has 2 atom stereocenters. The van der Waals surface area contributed by atoms with Gasteiger partial charge in [-0.3, -0.25) is 4.99 Å². The Bertz CT molecular complexity index is 645. The maximum Gasteiger partial charge on any atom is 0.0853 e. The number of fused-ring (bicyclic) bond motifs is 1. The van der Waals surface area contributed by atoms with Gasteiger partial charge in [-0.25, -0.2) is 0 Å². The molecule has 2 heterocycles. The van der Waals surface area contributed by atoms with Crippen LogP contribution in [0.25, 0.3) is 11.4 Å². The third-order valence-corrected chi connectivity index (χ3v) is 5.47. The predicted molar refractivity (Wildman–Crippen MR) is 97.0 cm³/mol. The second-order valence-corrected chi connectivity index (χ2v) is 7.10. The molecule has 1 aromatic rings. The molecule has 3 nitrogen and oxygen atoms in total. The van der Waals surface area contributed by atoms with Crippen LogP contribution in [0.1, 0.15) is 30.4 Å². The molecule has 3 heteroatoms. The SMILES string of the molecule is C=N/C(=C\N1CCCC1)c1cccc(C(=C)N2CC3CC3C2)c1. The zero-order valence-corrected chi connectivity index (χ0v) is 13.7. The molecule has 0 amide bonds. The lowest BCUT2D eigenvalue weighted by Crippen LogP contribution is -2.20. The summed E-state index contributed by atoms with van der Waals surface area (Å²) in [6.07, 6.45) is 6.13. The summed E-state index contributed by atoms with van der Waals surface area (Å²) in [5.41, 5.74) is 4.46. The summed E-state index contributed by atoms with van der Waals surface area (Å²) in [5.74, 6) is 1.85. The lowest BCUT2D eigenvalue weighted by Gasteiger charge is -2.23. The lowest BCUT2D eigenvalue weighted by atomic mass is 10.1. The molecule has 0 bridgehead atoms. The molecule has 2 aliphatic heterocycles. The molecule has 4 rings (SSSR count). The van der Waals surface area contributed by atoms with Gasteiger partial charge >= 0.3 is 0 Å². The van der Waals surface area contributed by atoms with Crippen LogP contribution in [0.2, 0.25) is 0 Å². The van der Waals surface area contributed by atoms with Gasteiger partial charge in [0.25, 0.3) is 0 Å². The van der Waals surface area contributed by atoms with E-state index in [1.54, 1.807) is 0 Å². The number of hydrogen-bond acceptors (Lipinski definition) is 3. The fourth-order valence-corrected chi connectivity index (χ4v) is 3.91. The average molecular weight is 307 g/mol. The molecule has 0 N–H and O–H groups in total. The van der Waals surface area contributed by atoms with E-state index in [0.29, 0.717) is 0 Å². The Morgan fingerprint density at radius 2 is 1.83 bits per heavy atom. The number of benzene rings is 1. The van der Waals surface area contributed by atoms with Crippen molar-refractivity contribution in [2.75, 3.05) is 26.2 Å². The largest absolute Gasteiger partial charge is 0.376 e. The molecule has 120 valence electrons. The van der Waals surface area contributed by atoms with Gasteiger partial charge in [0.1, 0.15) is 0 Å². The van der Waals surface area contributed by atoms with Crippen LogP contribution in [0.5, 0.6) is 0 Å². The fourth-order valence-electron chi connectivity index (χ4n) is 3.91. The Morgan fingerprint density at radius 1 is 1.13 bits per heavy atom. The van der Waals surface area contributed by atoms with Crippen molar-refractivity contribution in [3.05, 3.63) is 48.2 Å². The Balaban J connectivity index is 1.54. The standard InChI is InChI=1S/C20H25N3/c1-15(23-12-18-11-19(18)13-23)16-6-5-7-17(10-16)20(21-2)14-22-8-3-4-9-22/h5-7,10,14,18-19H,1-4,8-9,11-13H2/b20-14-. The maximum atomic E-state index is 4.34. The average Bonchev–Trinajstić information content (AvgIpc) is 3.00. The Hall–Kier alpha value is -2.03. The molecular formula is C20H25N3. The molecule has 1 saturated carbocycles. The van der Waals surface area contributed by atoms with Crippen molar-refractivity contribution >= 4 is 18.1 Å². The van der Waals surface area contributed by atoms with Gasteiger partial charge in [0, 0.05) is 43.6 Å². The molecular weight excluding hydrogens is 282 g/mol. The van der Waals surface area contributed by atoms with E-state index in [1.807, 2.05) is 0 Å². The molecule has 1 aromatic carbocycles. The number of rotatable bonds is 5. The first kappa shape index (κ1) is 14.6. The van der Waals surface area contributed by atoms with E-state index in [4.69, 9.17) is 0 Å².